The maximum atomic E-state index is 11.4. The number of hydrogen-bond acceptors (Lipinski definition) is 4. The lowest BCUT2D eigenvalue weighted by Gasteiger charge is -2.23. The molecule has 0 aromatic heterocycles. The predicted octanol–water partition coefficient (Wildman–Crippen LogP) is 2.25. The third-order valence-electron chi connectivity index (χ3n) is 2.99. The summed E-state index contributed by atoms with van der Waals surface area (Å²) in [6, 6.07) is 7.25. The van der Waals surface area contributed by atoms with E-state index in [0.29, 0.717) is 5.56 Å². The molecule has 1 N–H and O–H groups in total. The largest absolute Gasteiger partial charge is 0.464 e. The molecule has 0 aliphatic heterocycles. The van der Waals surface area contributed by atoms with E-state index in [0.717, 1.165) is 12.0 Å². The summed E-state index contributed by atoms with van der Waals surface area (Å²) >= 11 is 0. The first kappa shape index (κ1) is 15.7. The van der Waals surface area contributed by atoms with Crippen LogP contribution in [0.15, 0.2) is 24.3 Å². The SMILES string of the molecule is CCOC(=O)C(O)c1ccc(CC(C)(C)OC)cc1. The van der Waals surface area contributed by atoms with Crippen molar-refractivity contribution in [3.63, 3.8) is 0 Å². The maximum absolute atomic E-state index is 11.4. The number of hydrogen-bond donors (Lipinski definition) is 1. The Morgan fingerprint density at radius 1 is 1.32 bits per heavy atom. The van der Waals surface area contributed by atoms with Gasteiger partial charge in [-0.25, -0.2) is 4.79 Å². The standard InChI is InChI=1S/C15H22O4/c1-5-19-14(17)13(16)12-8-6-11(7-9-12)10-15(2,3)18-4/h6-9,13,16H,5,10H2,1-4H3. The molecule has 1 aromatic carbocycles. The second kappa shape index (κ2) is 6.68. The molecule has 1 aromatic rings. The van der Waals surface area contributed by atoms with Crippen molar-refractivity contribution in [1.29, 1.82) is 0 Å². The van der Waals surface area contributed by atoms with Gasteiger partial charge >= 0.3 is 5.97 Å². The van der Waals surface area contributed by atoms with Gasteiger partial charge in [0.1, 0.15) is 0 Å². The van der Waals surface area contributed by atoms with Crippen molar-refractivity contribution in [3.05, 3.63) is 35.4 Å². The van der Waals surface area contributed by atoms with E-state index in [1.807, 2.05) is 26.0 Å². The number of aliphatic hydroxyl groups excluding tert-OH is 1. The molecule has 1 unspecified atom stereocenters. The van der Waals surface area contributed by atoms with E-state index < -0.39 is 12.1 Å². The topological polar surface area (TPSA) is 55.8 Å². The van der Waals surface area contributed by atoms with E-state index in [-0.39, 0.29) is 12.2 Å². The Labute approximate surface area is 114 Å². The summed E-state index contributed by atoms with van der Waals surface area (Å²) in [7, 11) is 1.68. The molecular formula is C15H22O4. The summed E-state index contributed by atoms with van der Waals surface area (Å²) in [5.74, 6) is -0.618. The maximum Gasteiger partial charge on any atom is 0.339 e. The quantitative estimate of drug-likeness (QED) is 0.802. The molecule has 0 bridgehead atoms. The van der Waals surface area contributed by atoms with Gasteiger partial charge in [-0.2, -0.15) is 0 Å². The number of ether oxygens (including phenoxy) is 2. The van der Waals surface area contributed by atoms with Gasteiger partial charge in [0.15, 0.2) is 6.10 Å². The third kappa shape index (κ3) is 4.65. The first-order valence-corrected chi connectivity index (χ1v) is 6.38. The fourth-order valence-corrected chi connectivity index (χ4v) is 1.74. The summed E-state index contributed by atoms with van der Waals surface area (Å²) in [6.45, 7) is 5.99. The van der Waals surface area contributed by atoms with Crippen LogP contribution >= 0.6 is 0 Å². The fourth-order valence-electron chi connectivity index (χ4n) is 1.74. The highest BCUT2D eigenvalue weighted by Crippen LogP contribution is 2.19. The molecular weight excluding hydrogens is 244 g/mol. The van der Waals surface area contributed by atoms with Gasteiger partial charge in [0.2, 0.25) is 0 Å². The van der Waals surface area contributed by atoms with Crippen molar-refractivity contribution in [3.8, 4) is 0 Å². The molecule has 0 fully saturated rings. The van der Waals surface area contributed by atoms with Crippen LogP contribution < -0.4 is 0 Å². The Balaban J connectivity index is 2.73. The van der Waals surface area contributed by atoms with E-state index in [2.05, 4.69) is 0 Å². The molecule has 0 heterocycles. The Kier molecular flexibility index (Phi) is 5.51. The van der Waals surface area contributed by atoms with Crippen molar-refractivity contribution in [2.24, 2.45) is 0 Å². The summed E-state index contributed by atoms with van der Waals surface area (Å²) < 4.78 is 10.1. The molecule has 1 atom stereocenters. The monoisotopic (exact) mass is 266 g/mol. The zero-order chi connectivity index (χ0) is 14.5. The molecule has 0 aliphatic rings. The molecule has 4 nitrogen and oxygen atoms in total. The zero-order valence-electron chi connectivity index (χ0n) is 12.0. The van der Waals surface area contributed by atoms with E-state index >= 15 is 0 Å². The van der Waals surface area contributed by atoms with Gasteiger partial charge in [-0.3, -0.25) is 0 Å². The van der Waals surface area contributed by atoms with E-state index in [1.54, 1.807) is 26.2 Å². The Hall–Kier alpha value is -1.39. The van der Waals surface area contributed by atoms with Gasteiger partial charge in [-0.1, -0.05) is 24.3 Å². The van der Waals surface area contributed by atoms with Crippen LogP contribution in [0, 0.1) is 0 Å². The van der Waals surface area contributed by atoms with Gasteiger partial charge in [-0.15, -0.1) is 0 Å². The molecule has 1 rings (SSSR count). The minimum Gasteiger partial charge on any atom is -0.464 e. The minimum atomic E-state index is -1.22. The lowest BCUT2D eigenvalue weighted by molar-refractivity contribution is -0.153. The Morgan fingerprint density at radius 2 is 1.89 bits per heavy atom. The van der Waals surface area contributed by atoms with Crippen LogP contribution in [-0.4, -0.2) is 30.4 Å². The molecule has 4 heteroatoms. The molecule has 0 saturated heterocycles. The average molecular weight is 266 g/mol. The molecule has 0 saturated carbocycles. The van der Waals surface area contributed by atoms with Crippen LogP contribution in [0.5, 0.6) is 0 Å². The summed E-state index contributed by atoms with van der Waals surface area (Å²) in [6.07, 6.45) is -0.455. The number of methoxy groups -OCH3 is 1. The number of benzene rings is 1. The van der Waals surface area contributed by atoms with Crippen LogP contribution in [0.2, 0.25) is 0 Å². The third-order valence-corrected chi connectivity index (χ3v) is 2.99. The summed E-state index contributed by atoms with van der Waals surface area (Å²) in [5, 5.41) is 9.79. The van der Waals surface area contributed by atoms with Gasteiger partial charge in [-0.05, 0) is 31.9 Å². The Morgan fingerprint density at radius 3 is 2.37 bits per heavy atom. The predicted molar refractivity (Wildman–Crippen MR) is 72.8 cm³/mol. The second-order valence-corrected chi connectivity index (χ2v) is 5.04. The van der Waals surface area contributed by atoms with Crippen LogP contribution in [0.4, 0.5) is 0 Å². The number of rotatable bonds is 6. The molecule has 19 heavy (non-hydrogen) atoms. The average Bonchev–Trinajstić information content (AvgIpc) is 2.38. The first-order chi connectivity index (χ1) is 8.89. The van der Waals surface area contributed by atoms with Crippen LogP contribution in [0.1, 0.15) is 38.0 Å². The highest BCUT2D eigenvalue weighted by Gasteiger charge is 2.20. The normalized spacial score (nSPS) is 13.1. The van der Waals surface area contributed by atoms with Gasteiger partial charge in [0.25, 0.3) is 0 Å². The minimum absolute atomic E-state index is 0.235. The number of carbonyl (C=O) groups is 1. The number of esters is 1. The van der Waals surface area contributed by atoms with Gasteiger partial charge < -0.3 is 14.6 Å². The van der Waals surface area contributed by atoms with E-state index in [9.17, 15) is 9.90 Å². The highest BCUT2D eigenvalue weighted by molar-refractivity contribution is 5.76. The van der Waals surface area contributed by atoms with Crippen molar-refractivity contribution >= 4 is 5.97 Å². The first-order valence-electron chi connectivity index (χ1n) is 6.38. The number of aliphatic hydroxyl groups is 1. The zero-order valence-corrected chi connectivity index (χ0v) is 12.0. The smallest absolute Gasteiger partial charge is 0.339 e. The van der Waals surface area contributed by atoms with E-state index in [1.165, 1.54) is 0 Å². The summed E-state index contributed by atoms with van der Waals surface area (Å²) in [4.78, 5) is 11.4. The Bertz CT molecular complexity index is 409. The van der Waals surface area contributed by atoms with Crippen molar-refractivity contribution in [2.45, 2.75) is 38.9 Å². The molecule has 106 valence electrons. The van der Waals surface area contributed by atoms with Gasteiger partial charge in [0, 0.05) is 13.5 Å². The van der Waals surface area contributed by atoms with E-state index in [4.69, 9.17) is 9.47 Å². The second-order valence-electron chi connectivity index (χ2n) is 5.04. The molecule has 0 radical (unpaired) electrons. The van der Waals surface area contributed by atoms with Crippen LogP contribution in [0.3, 0.4) is 0 Å². The van der Waals surface area contributed by atoms with Gasteiger partial charge in [0.05, 0.1) is 12.2 Å². The van der Waals surface area contributed by atoms with Crippen molar-refractivity contribution < 1.29 is 19.4 Å². The summed E-state index contributed by atoms with van der Waals surface area (Å²) in [5.41, 5.74) is 1.39. The molecule has 0 spiro atoms. The lowest BCUT2D eigenvalue weighted by Crippen LogP contribution is -2.25. The van der Waals surface area contributed by atoms with Crippen molar-refractivity contribution in [1.82, 2.24) is 0 Å². The van der Waals surface area contributed by atoms with Crippen LogP contribution in [-0.2, 0) is 20.7 Å². The fraction of sp³-hybridized carbons (Fsp3) is 0.533. The number of carbonyl (C=O) groups excluding carboxylic acids is 1. The van der Waals surface area contributed by atoms with Crippen molar-refractivity contribution in [2.75, 3.05) is 13.7 Å². The highest BCUT2D eigenvalue weighted by atomic mass is 16.5. The lowest BCUT2D eigenvalue weighted by atomic mass is 9.97. The molecule has 0 aliphatic carbocycles. The molecule has 0 amide bonds. The van der Waals surface area contributed by atoms with Crippen LogP contribution in [0.25, 0.3) is 0 Å².